The van der Waals surface area contributed by atoms with Crippen LogP contribution >= 0.6 is 11.3 Å². The second-order valence-electron chi connectivity index (χ2n) is 11.1. The van der Waals surface area contributed by atoms with Gasteiger partial charge in [-0.1, -0.05) is 39.8 Å². The van der Waals surface area contributed by atoms with Gasteiger partial charge >= 0.3 is 0 Å². The average molecular weight is 553 g/mol. The van der Waals surface area contributed by atoms with Crippen molar-refractivity contribution in [3.63, 3.8) is 0 Å². The van der Waals surface area contributed by atoms with E-state index >= 15 is 0 Å². The van der Waals surface area contributed by atoms with Gasteiger partial charge in [0.1, 0.15) is 11.0 Å². The first-order chi connectivity index (χ1) is 18.7. The number of hydroxylamine groups is 2. The van der Waals surface area contributed by atoms with Crippen LogP contribution in [0.3, 0.4) is 0 Å². The number of carbonyl (C=O) groups is 3. The molecule has 208 valence electrons. The van der Waals surface area contributed by atoms with Gasteiger partial charge in [0.2, 0.25) is 5.91 Å². The first kappa shape index (κ1) is 27.5. The number of carbonyl (C=O) groups excluding carboxylic acids is 3. The molecule has 1 aromatic carbocycles. The van der Waals surface area contributed by atoms with Crippen LogP contribution in [-0.4, -0.2) is 69.0 Å². The van der Waals surface area contributed by atoms with Crippen LogP contribution in [0.4, 0.5) is 0 Å². The van der Waals surface area contributed by atoms with Gasteiger partial charge in [0.25, 0.3) is 11.8 Å². The minimum absolute atomic E-state index is 0.0608. The molecule has 9 nitrogen and oxygen atoms in total. The lowest BCUT2D eigenvalue weighted by atomic mass is 9.95. The van der Waals surface area contributed by atoms with Gasteiger partial charge in [-0.05, 0) is 55.7 Å². The Bertz CT molecular complexity index is 1260. The van der Waals surface area contributed by atoms with Crippen molar-refractivity contribution in [1.29, 1.82) is 0 Å². The van der Waals surface area contributed by atoms with E-state index in [-0.39, 0.29) is 35.5 Å². The Morgan fingerprint density at radius 1 is 1.08 bits per heavy atom. The molecule has 1 aromatic heterocycles. The smallest absolute Gasteiger partial charge is 0.276 e. The maximum Gasteiger partial charge on any atom is 0.276 e. The maximum absolute atomic E-state index is 13.8. The van der Waals surface area contributed by atoms with Crippen LogP contribution in [0.15, 0.2) is 42.4 Å². The molecule has 0 spiro atoms. The van der Waals surface area contributed by atoms with E-state index in [9.17, 15) is 14.4 Å². The molecule has 0 unspecified atom stereocenters. The molecule has 0 N–H and O–H groups in total. The first-order valence-electron chi connectivity index (χ1n) is 13.7. The minimum Gasteiger partial charge on any atom is -0.381 e. The fourth-order valence-corrected chi connectivity index (χ4v) is 6.17. The standard InChI is InChI=1S/C29H36N4O5S/c1-18(2)15-22-28(35)31(20-11-13-37-14-12-20)17-26-32(22)29(36)23(16-19(3)4)38-33(26)27(34)10-9-25-30-21-7-5-6-8-24(21)39-25/h5-10,17-20,22-23H,11-16H2,1-4H3/b10-9+/t22-,23+/m0/s1. The molecule has 0 radical (unpaired) electrons. The zero-order valence-corrected chi connectivity index (χ0v) is 23.7. The van der Waals surface area contributed by atoms with Crippen LogP contribution in [0.25, 0.3) is 16.3 Å². The van der Waals surface area contributed by atoms with E-state index in [0.29, 0.717) is 43.9 Å². The molecule has 3 aliphatic heterocycles. The summed E-state index contributed by atoms with van der Waals surface area (Å²) in [5, 5.41) is 1.90. The van der Waals surface area contributed by atoms with E-state index in [1.165, 1.54) is 27.4 Å². The summed E-state index contributed by atoms with van der Waals surface area (Å²) in [4.78, 5) is 55.2. The number of ether oxygens (including phenoxy) is 1. The Morgan fingerprint density at radius 3 is 2.49 bits per heavy atom. The second kappa shape index (κ2) is 11.6. The molecule has 0 aliphatic carbocycles. The number of fused-ring (bicyclic) bond motifs is 2. The Morgan fingerprint density at radius 2 is 1.79 bits per heavy atom. The predicted molar refractivity (Wildman–Crippen MR) is 149 cm³/mol. The predicted octanol–water partition coefficient (Wildman–Crippen LogP) is 4.56. The highest BCUT2D eigenvalue weighted by Gasteiger charge is 2.50. The zero-order chi connectivity index (χ0) is 27.7. The van der Waals surface area contributed by atoms with Crippen LogP contribution in [0.2, 0.25) is 0 Å². The molecule has 3 amide bonds. The number of thiazole rings is 1. The van der Waals surface area contributed by atoms with E-state index in [4.69, 9.17) is 9.57 Å². The molecule has 39 heavy (non-hydrogen) atoms. The average Bonchev–Trinajstić information content (AvgIpc) is 3.33. The Kier molecular flexibility index (Phi) is 8.16. The Balaban J connectivity index is 1.52. The SMILES string of the molecule is CC(C)C[C@H]1ON(C(=O)/C=C/c2nc3ccccc3s2)C2=CN(C3CCOCC3)C(=O)[C@H](CC(C)C)N2C1=O. The summed E-state index contributed by atoms with van der Waals surface area (Å²) in [7, 11) is 0. The molecule has 2 fully saturated rings. The Hall–Kier alpha value is -3.08. The number of nitrogens with zero attached hydrogens (tertiary/aromatic N) is 4. The number of amides is 3. The van der Waals surface area contributed by atoms with Gasteiger partial charge in [-0.3, -0.25) is 24.1 Å². The van der Waals surface area contributed by atoms with Crippen molar-refractivity contribution in [3.8, 4) is 0 Å². The fraction of sp³-hybridized carbons (Fsp3) is 0.517. The fourth-order valence-electron chi connectivity index (χ4n) is 5.30. The van der Waals surface area contributed by atoms with Gasteiger partial charge in [-0.15, -0.1) is 11.3 Å². The molecule has 3 aliphatic rings. The van der Waals surface area contributed by atoms with Crippen LogP contribution in [0.5, 0.6) is 0 Å². The van der Waals surface area contributed by atoms with Gasteiger partial charge in [0.05, 0.1) is 16.4 Å². The van der Waals surface area contributed by atoms with Crippen LogP contribution < -0.4 is 0 Å². The van der Waals surface area contributed by atoms with Crippen LogP contribution in [0.1, 0.15) is 58.4 Å². The third kappa shape index (κ3) is 5.78. The molecule has 0 saturated carbocycles. The maximum atomic E-state index is 13.8. The molecule has 2 atom stereocenters. The van der Waals surface area contributed by atoms with Crippen LogP contribution in [-0.2, 0) is 24.0 Å². The van der Waals surface area contributed by atoms with Crippen molar-refractivity contribution in [2.75, 3.05) is 13.2 Å². The van der Waals surface area contributed by atoms with E-state index in [0.717, 1.165) is 10.2 Å². The number of para-hydroxylation sites is 1. The van der Waals surface area contributed by atoms with Crippen molar-refractivity contribution >= 4 is 45.4 Å². The van der Waals surface area contributed by atoms with Crippen LogP contribution in [0, 0.1) is 11.8 Å². The van der Waals surface area contributed by atoms with Crippen molar-refractivity contribution in [2.24, 2.45) is 11.8 Å². The zero-order valence-electron chi connectivity index (χ0n) is 22.9. The third-order valence-electron chi connectivity index (χ3n) is 7.15. The summed E-state index contributed by atoms with van der Waals surface area (Å²) in [5.74, 6) is -0.221. The molecular formula is C29H36N4O5S. The largest absolute Gasteiger partial charge is 0.381 e. The van der Waals surface area contributed by atoms with Gasteiger partial charge in [-0.25, -0.2) is 4.98 Å². The summed E-state index contributed by atoms with van der Waals surface area (Å²) in [6.45, 7) is 9.20. The summed E-state index contributed by atoms with van der Waals surface area (Å²) in [5.41, 5.74) is 0.870. The van der Waals surface area contributed by atoms with E-state index in [1.54, 1.807) is 17.2 Å². The molecule has 10 heteroatoms. The van der Waals surface area contributed by atoms with Crippen molar-refractivity contribution < 1.29 is 24.0 Å². The molecule has 0 bridgehead atoms. The first-order valence-corrected chi connectivity index (χ1v) is 14.5. The summed E-state index contributed by atoms with van der Waals surface area (Å²) < 4.78 is 6.55. The molecule has 4 heterocycles. The topological polar surface area (TPSA) is 92.3 Å². The van der Waals surface area contributed by atoms with Gasteiger partial charge < -0.3 is 9.64 Å². The third-order valence-corrected chi connectivity index (χ3v) is 8.15. The summed E-state index contributed by atoms with van der Waals surface area (Å²) >= 11 is 1.49. The number of benzene rings is 1. The lowest BCUT2D eigenvalue weighted by molar-refractivity contribution is -0.226. The lowest BCUT2D eigenvalue weighted by Gasteiger charge is -2.49. The van der Waals surface area contributed by atoms with Crippen molar-refractivity contribution in [1.82, 2.24) is 19.8 Å². The molecule has 2 saturated heterocycles. The highest BCUT2D eigenvalue weighted by atomic mass is 32.1. The van der Waals surface area contributed by atoms with Crippen molar-refractivity contribution in [3.05, 3.63) is 47.4 Å². The second-order valence-corrected chi connectivity index (χ2v) is 12.2. The molecular weight excluding hydrogens is 516 g/mol. The van der Waals surface area contributed by atoms with E-state index < -0.39 is 18.1 Å². The molecule has 2 aromatic rings. The summed E-state index contributed by atoms with van der Waals surface area (Å²) in [6.07, 6.45) is 6.16. The van der Waals surface area contributed by atoms with Gasteiger partial charge in [-0.2, -0.15) is 5.06 Å². The minimum atomic E-state index is -0.862. The number of rotatable bonds is 7. The highest BCUT2D eigenvalue weighted by Crippen LogP contribution is 2.35. The quantitative estimate of drug-likeness (QED) is 0.468. The molecule has 5 rings (SSSR count). The van der Waals surface area contributed by atoms with E-state index in [1.807, 2.05) is 52.0 Å². The van der Waals surface area contributed by atoms with Crippen molar-refractivity contribution in [2.45, 2.75) is 71.6 Å². The van der Waals surface area contributed by atoms with Gasteiger partial charge in [0.15, 0.2) is 11.9 Å². The lowest BCUT2D eigenvalue weighted by Crippen LogP contribution is -2.64. The number of aromatic nitrogens is 1. The summed E-state index contributed by atoms with van der Waals surface area (Å²) in [6, 6.07) is 7.04. The Labute approximate surface area is 233 Å². The van der Waals surface area contributed by atoms with E-state index in [2.05, 4.69) is 4.98 Å². The monoisotopic (exact) mass is 552 g/mol. The normalized spacial score (nSPS) is 22.9. The number of hydrogen-bond acceptors (Lipinski definition) is 7. The number of hydrogen-bond donors (Lipinski definition) is 0. The highest BCUT2D eigenvalue weighted by molar-refractivity contribution is 7.19. The van der Waals surface area contributed by atoms with Gasteiger partial charge in [0, 0.05) is 25.3 Å².